The number of hydrogen-bond acceptors (Lipinski definition) is 6. The van der Waals surface area contributed by atoms with Gasteiger partial charge in [0.1, 0.15) is 16.8 Å². The molecule has 0 atom stereocenters. The summed E-state index contributed by atoms with van der Waals surface area (Å²) in [6.45, 7) is 2.07. The van der Waals surface area contributed by atoms with E-state index in [1.807, 2.05) is 4.90 Å². The number of rotatable bonds is 2. The Bertz CT molecular complexity index is 1080. The number of aromatic hydroxyl groups is 1. The fraction of sp³-hybridized carbons (Fsp3) is 0.312. The zero-order valence-electron chi connectivity index (χ0n) is 14.1. The quantitative estimate of drug-likeness (QED) is 0.667. The number of H-pyrrole nitrogens is 1. The number of nitrogens with zero attached hydrogens (tertiary/aromatic N) is 4. The van der Waals surface area contributed by atoms with Gasteiger partial charge in [-0.1, -0.05) is 11.6 Å². The average Bonchev–Trinajstić information content (AvgIpc) is 3.05. The number of fused-ring (bicyclic) bond motifs is 1. The summed E-state index contributed by atoms with van der Waals surface area (Å²) in [5, 5.41) is 13.9. The highest BCUT2D eigenvalue weighted by Gasteiger charge is 2.32. The third-order valence-electron chi connectivity index (χ3n) is 4.29. The van der Waals surface area contributed by atoms with E-state index in [9.17, 15) is 23.1 Å². The first-order chi connectivity index (χ1) is 13.2. The second kappa shape index (κ2) is 6.67. The summed E-state index contributed by atoms with van der Waals surface area (Å²) in [6, 6.07) is 1.23. The molecule has 1 aliphatic heterocycles. The maximum absolute atomic E-state index is 12.9. The van der Waals surface area contributed by atoms with E-state index in [1.54, 1.807) is 0 Å². The normalized spacial score (nSPS) is 15.4. The number of ether oxygens (including phenoxy) is 1. The maximum Gasteiger partial charge on any atom is 0.416 e. The van der Waals surface area contributed by atoms with Crippen LogP contribution >= 0.6 is 11.6 Å². The molecule has 4 rings (SSSR count). The summed E-state index contributed by atoms with van der Waals surface area (Å²) in [5.74, 6) is -0.411. The van der Waals surface area contributed by atoms with Crippen molar-refractivity contribution in [2.45, 2.75) is 6.18 Å². The SMILES string of the molecule is O=c1[nH]c(N2CCOCC2)nc2nn(-c3c(O)cc(C(F)(F)F)cc3Cl)cc12. The van der Waals surface area contributed by atoms with Crippen LogP contribution in [0.15, 0.2) is 23.1 Å². The van der Waals surface area contributed by atoms with Gasteiger partial charge in [0.2, 0.25) is 5.95 Å². The minimum atomic E-state index is -4.67. The van der Waals surface area contributed by atoms with Crippen molar-refractivity contribution in [3.05, 3.63) is 39.3 Å². The number of aromatic nitrogens is 4. The number of hydrogen-bond donors (Lipinski definition) is 2. The molecule has 3 heterocycles. The van der Waals surface area contributed by atoms with Crippen molar-refractivity contribution in [1.29, 1.82) is 0 Å². The topological polar surface area (TPSA) is 96.3 Å². The van der Waals surface area contributed by atoms with Crippen LogP contribution in [0.1, 0.15) is 5.56 Å². The van der Waals surface area contributed by atoms with Gasteiger partial charge in [-0.25, -0.2) is 4.68 Å². The summed E-state index contributed by atoms with van der Waals surface area (Å²) in [5.41, 5.74) is -1.68. The summed E-state index contributed by atoms with van der Waals surface area (Å²) in [7, 11) is 0. The Labute approximate surface area is 160 Å². The number of anilines is 1. The minimum absolute atomic E-state index is 0.0700. The number of benzene rings is 1. The molecule has 0 saturated carbocycles. The van der Waals surface area contributed by atoms with Crippen molar-refractivity contribution < 1.29 is 23.0 Å². The molecule has 2 aromatic heterocycles. The van der Waals surface area contributed by atoms with Gasteiger partial charge in [0.05, 0.1) is 23.8 Å². The highest BCUT2D eigenvalue weighted by atomic mass is 35.5. The van der Waals surface area contributed by atoms with Crippen LogP contribution in [0.4, 0.5) is 19.1 Å². The molecule has 148 valence electrons. The van der Waals surface area contributed by atoms with E-state index in [0.29, 0.717) is 44.4 Å². The second-order valence-electron chi connectivity index (χ2n) is 6.12. The number of aromatic amines is 1. The number of halogens is 4. The first-order valence-corrected chi connectivity index (χ1v) is 8.54. The lowest BCUT2D eigenvalue weighted by Crippen LogP contribution is -2.38. The van der Waals surface area contributed by atoms with Gasteiger partial charge in [-0.3, -0.25) is 9.78 Å². The van der Waals surface area contributed by atoms with Gasteiger partial charge in [-0.15, -0.1) is 5.10 Å². The van der Waals surface area contributed by atoms with Crippen LogP contribution in [0.2, 0.25) is 5.02 Å². The molecule has 12 heteroatoms. The Hall–Kier alpha value is -2.79. The molecule has 0 amide bonds. The zero-order valence-corrected chi connectivity index (χ0v) is 14.9. The molecule has 1 saturated heterocycles. The van der Waals surface area contributed by atoms with E-state index in [0.717, 1.165) is 4.68 Å². The van der Waals surface area contributed by atoms with Gasteiger partial charge in [-0.05, 0) is 12.1 Å². The molecule has 0 radical (unpaired) electrons. The van der Waals surface area contributed by atoms with Crippen LogP contribution in [-0.2, 0) is 10.9 Å². The highest BCUT2D eigenvalue weighted by molar-refractivity contribution is 6.32. The number of morpholine rings is 1. The van der Waals surface area contributed by atoms with Gasteiger partial charge >= 0.3 is 6.18 Å². The fourth-order valence-electron chi connectivity index (χ4n) is 2.92. The van der Waals surface area contributed by atoms with Crippen molar-refractivity contribution in [2.24, 2.45) is 0 Å². The summed E-state index contributed by atoms with van der Waals surface area (Å²) in [6.07, 6.45) is -3.42. The van der Waals surface area contributed by atoms with E-state index in [4.69, 9.17) is 16.3 Å². The number of alkyl halides is 3. The number of nitrogens with one attached hydrogen (secondary N) is 1. The Kier molecular flexibility index (Phi) is 4.42. The van der Waals surface area contributed by atoms with Gasteiger partial charge in [0.25, 0.3) is 5.56 Å². The number of phenols is 1. The molecule has 8 nitrogen and oxygen atoms in total. The third kappa shape index (κ3) is 3.27. The molecule has 1 aromatic carbocycles. The smallest absolute Gasteiger partial charge is 0.416 e. The van der Waals surface area contributed by atoms with Gasteiger partial charge < -0.3 is 14.7 Å². The zero-order chi connectivity index (χ0) is 20.1. The molecule has 0 aliphatic carbocycles. The Morgan fingerprint density at radius 1 is 1.25 bits per heavy atom. The lowest BCUT2D eigenvalue weighted by Gasteiger charge is -2.26. The van der Waals surface area contributed by atoms with E-state index in [2.05, 4.69) is 15.1 Å². The largest absolute Gasteiger partial charge is 0.506 e. The monoisotopic (exact) mass is 415 g/mol. The minimum Gasteiger partial charge on any atom is -0.506 e. The van der Waals surface area contributed by atoms with E-state index in [1.165, 1.54) is 6.20 Å². The predicted octanol–water partition coefficient (Wildman–Crippen LogP) is 2.32. The van der Waals surface area contributed by atoms with Gasteiger partial charge in [0.15, 0.2) is 5.65 Å². The first kappa shape index (κ1) is 18.6. The van der Waals surface area contributed by atoms with Crippen LogP contribution in [0.5, 0.6) is 5.75 Å². The highest BCUT2D eigenvalue weighted by Crippen LogP contribution is 2.38. The van der Waals surface area contributed by atoms with Crippen molar-refractivity contribution in [3.8, 4) is 11.4 Å². The van der Waals surface area contributed by atoms with E-state index >= 15 is 0 Å². The Morgan fingerprint density at radius 2 is 1.96 bits per heavy atom. The molecule has 0 spiro atoms. The third-order valence-corrected chi connectivity index (χ3v) is 4.57. The molecule has 1 fully saturated rings. The second-order valence-corrected chi connectivity index (χ2v) is 6.53. The molecule has 28 heavy (non-hydrogen) atoms. The number of phenolic OH excluding ortho intramolecular Hbond substituents is 1. The maximum atomic E-state index is 12.9. The van der Waals surface area contributed by atoms with Crippen molar-refractivity contribution in [2.75, 3.05) is 31.2 Å². The van der Waals surface area contributed by atoms with Crippen LogP contribution in [0.3, 0.4) is 0 Å². The summed E-state index contributed by atoms with van der Waals surface area (Å²) < 4.78 is 44.9. The van der Waals surface area contributed by atoms with Crippen LogP contribution < -0.4 is 10.5 Å². The first-order valence-electron chi connectivity index (χ1n) is 8.16. The molecule has 3 aromatic rings. The van der Waals surface area contributed by atoms with Crippen molar-refractivity contribution in [1.82, 2.24) is 19.7 Å². The predicted molar refractivity (Wildman–Crippen MR) is 94.2 cm³/mol. The summed E-state index contributed by atoms with van der Waals surface area (Å²) in [4.78, 5) is 21.2. The molecule has 1 aliphatic rings. The lowest BCUT2D eigenvalue weighted by molar-refractivity contribution is -0.137. The van der Waals surface area contributed by atoms with Gasteiger partial charge in [0, 0.05) is 19.3 Å². The van der Waals surface area contributed by atoms with Crippen LogP contribution in [-0.4, -0.2) is 51.2 Å². The molecule has 0 unspecified atom stereocenters. The van der Waals surface area contributed by atoms with Crippen LogP contribution in [0, 0.1) is 0 Å². The van der Waals surface area contributed by atoms with Gasteiger partial charge in [-0.2, -0.15) is 18.2 Å². The standard InChI is InChI=1S/C16H13ClF3N5O3/c17-10-5-8(16(18,19)20)6-11(26)12(10)25-7-9-13(23-25)21-15(22-14(9)27)24-1-3-28-4-2-24/h5-7,26H,1-4H2,(H,21,22,23,27). The molecular weight excluding hydrogens is 403 g/mol. The molecule has 2 N–H and O–H groups in total. The lowest BCUT2D eigenvalue weighted by atomic mass is 10.2. The average molecular weight is 416 g/mol. The fourth-order valence-corrected chi connectivity index (χ4v) is 3.22. The summed E-state index contributed by atoms with van der Waals surface area (Å²) >= 11 is 5.95. The molecular formula is C16H13ClF3N5O3. The molecule has 0 bridgehead atoms. The Morgan fingerprint density at radius 3 is 2.61 bits per heavy atom. The van der Waals surface area contributed by atoms with Crippen LogP contribution in [0.25, 0.3) is 16.7 Å². The van der Waals surface area contributed by atoms with Crippen molar-refractivity contribution >= 4 is 28.6 Å². The van der Waals surface area contributed by atoms with E-state index < -0.39 is 23.0 Å². The van der Waals surface area contributed by atoms with E-state index in [-0.39, 0.29) is 21.7 Å². The Balaban J connectivity index is 1.80. The van der Waals surface area contributed by atoms with Crippen molar-refractivity contribution in [3.63, 3.8) is 0 Å².